The molecule has 5 rings (SSSR count). The van der Waals surface area contributed by atoms with E-state index in [2.05, 4.69) is 64.1 Å². The predicted octanol–water partition coefficient (Wildman–Crippen LogP) is 7.22. The van der Waals surface area contributed by atoms with Crippen molar-refractivity contribution in [3.63, 3.8) is 0 Å². The summed E-state index contributed by atoms with van der Waals surface area (Å²) in [6.45, 7) is 8.77. The highest BCUT2D eigenvalue weighted by atomic mass is 32.2. The maximum Gasteiger partial charge on any atom is 0.267 e. The normalized spacial score (nSPS) is 13.9. The van der Waals surface area contributed by atoms with Crippen LogP contribution < -0.4 is 5.56 Å². The van der Waals surface area contributed by atoms with Gasteiger partial charge < -0.3 is 0 Å². The van der Waals surface area contributed by atoms with Crippen LogP contribution in [0.4, 0.5) is 0 Å². The molecule has 3 nitrogen and oxygen atoms in total. The third kappa shape index (κ3) is 4.41. The highest BCUT2D eigenvalue weighted by molar-refractivity contribution is 7.98. The fourth-order valence-corrected chi connectivity index (χ4v) is 6.72. The monoisotopic (exact) mass is 474 g/mol. The van der Waals surface area contributed by atoms with E-state index in [1.54, 1.807) is 23.1 Å². The molecule has 0 aliphatic heterocycles. The summed E-state index contributed by atoms with van der Waals surface area (Å²) < 4.78 is 1.83. The Morgan fingerprint density at radius 1 is 1.00 bits per heavy atom. The summed E-state index contributed by atoms with van der Waals surface area (Å²) in [7, 11) is 0. The van der Waals surface area contributed by atoms with Crippen molar-refractivity contribution < 1.29 is 0 Å². The molecule has 0 saturated heterocycles. The van der Waals surface area contributed by atoms with E-state index in [0.29, 0.717) is 0 Å². The van der Waals surface area contributed by atoms with Gasteiger partial charge in [-0.3, -0.25) is 9.36 Å². The third-order valence-corrected chi connectivity index (χ3v) is 8.63. The lowest BCUT2D eigenvalue weighted by Gasteiger charge is -2.19. The fourth-order valence-electron chi connectivity index (χ4n) is 4.45. The van der Waals surface area contributed by atoms with Gasteiger partial charge in [-0.15, -0.1) is 11.3 Å². The number of benzene rings is 2. The summed E-state index contributed by atoms with van der Waals surface area (Å²) in [5.41, 5.74) is 6.11. The number of rotatable bonds is 4. The molecule has 2 aromatic carbocycles. The summed E-state index contributed by atoms with van der Waals surface area (Å²) >= 11 is 3.37. The summed E-state index contributed by atoms with van der Waals surface area (Å²) in [5, 5.41) is 1.61. The lowest BCUT2D eigenvalue weighted by atomic mass is 9.87. The molecule has 2 aromatic heterocycles. The molecule has 1 aliphatic rings. The largest absolute Gasteiger partial charge is 0.268 e. The van der Waals surface area contributed by atoms with Gasteiger partial charge in [0.1, 0.15) is 4.83 Å². The zero-order valence-corrected chi connectivity index (χ0v) is 21.4. The Morgan fingerprint density at radius 3 is 2.39 bits per heavy atom. The molecule has 0 saturated carbocycles. The second-order valence-electron chi connectivity index (χ2n) is 10.00. The Labute approximate surface area is 203 Å². The van der Waals surface area contributed by atoms with Gasteiger partial charge in [-0.05, 0) is 66.8 Å². The molecule has 0 fully saturated rings. The maximum absolute atomic E-state index is 13.9. The van der Waals surface area contributed by atoms with Crippen molar-refractivity contribution in [2.75, 3.05) is 0 Å². The second-order valence-corrected chi connectivity index (χ2v) is 12.0. The Bertz CT molecular complexity index is 1360. The van der Waals surface area contributed by atoms with Crippen molar-refractivity contribution in [3.05, 3.63) is 86.0 Å². The van der Waals surface area contributed by atoms with Crippen LogP contribution in [0.15, 0.2) is 58.5 Å². The zero-order chi connectivity index (χ0) is 23.2. The molecule has 170 valence electrons. The van der Waals surface area contributed by atoms with Crippen LogP contribution in [0.25, 0.3) is 15.9 Å². The predicted molar refractivity (Wildman–Crippen MR) is 141 cm³/mol. The third-order valence-electron chi connectivity index (χ3n) is 6.44. The molecule has 0 N–H and O–H groups in total. The number of hydrogen-bond donors (Lipinski definition) is 0. The van der Waals surface area contributed by atoms with Crippen molar-refractivity contribution in [2.45, 2.75) is 69.7 Å². The number of thiophene rings is 1. The molecule has 33 heavy (non-hydrogen) atoms. The van der Waals surface area contributed by atoms with Crippen LogP contribution in [0.5, 0.6) is 0 Å². The van der Waals surface area contributed by atoms with Crippen molar-refractivity contribution in [1.29, 1.82) is 0 Å². The molecule has 4 aromatic rings. The number of nitrogens with zero attached hydrogens (tertiary/aromatic N) is 2. The van der Waals surface area contributed by atoms with E-state index in [1.807, 2.05) is 16.7 Å². The number of aryl methyl sites for hydroxylation is 3. The summed E-state index contributed by atoms with van der Waals surface area (Å²) in [6.07, 6.45) is 4.43. The minimum Gasteiger partial charge on any atom is -0.268 e. The zero-order valence-electron chi connectivity index (χ0n) is 19.8. The minimum absolute atomic E-state index is 0.0776. The highest BCUT2D eigenvalue weighted by Gasteiger charge is 2.23. The topological polar surface area (TPSA) is 34.9 Å². The van der Waals surface area contributed by atoms with Crippen molar-refractivity contribution in [1.82, 2.24) is 9.55 Å². The standard InChI is InChI=1S/C28H30N2OS2/c1-18-9-15-21(16-10-18)30-26(31)24-22-7-5-6-8-23(22)33-25(24)29-27(30)32-17-19-11-13-20(14-12-19)28(2,3)4/h9-16H,5-8,17H2,1-4H3. The minimum atomic E-state index is 0.0776. The second kappa shape index (κ2) is 8.77. The van der Waals surface area contributed by atoms with Crippen LogP contribution in [-0.4, -0.2) is 9.55 Å². The SMILES string of the molecule is Cc1ccc(-n2c(SCc3ccc(C(C)(C)C)cc3)nc3sc4c(c3c2=O)CCCC4)cc1. The van der Waals surface area contributed by atoms with Gasteiger partial charge in [0.2, 0.25) is 0 Å². The molecule has 2 heterocycles. The number of thioether (sulfide) groups is 1. The van der Waals surface area contributed by atoms with Gasteiger partial charge in [-0.2, -0.15) is 0 Å². The van der Waals surface area contributed by atoms with Gasteiger partial charge in [0, 0.05) is 10.6 Å². The average molecular weight is 475 g/mol. The number of fused-ring (bicyclic) bond motifs is 3. The van der Waals surface area contributed by atoms with Crippen LogP contribution in [0.1, 0.15) is 60.7 Å². The lowest BCUT2D eigenvalue weighted by Crippen LogP contribution is -2.22. The van der Waals surface area contributed by atoms with E-state index in [9.17, 15) is 4.79 Å². The van der Waals surface area contributed by atoms with E-state index in [0.717, 1.165) is 46.1 Å². The Morgan fingerprint density at radius 2 is 1.70 bits per heavy atom. The van der Waals surface area contributed by atoms with E-state index in [1.165, 1.54) is 33.6 Å². The molecule has 0 unspecified atom stereocenters. The molecule has 0 spiro atoms. The van der Waals surface area contributed by atoms with Crippen LogP contribution in [-0.2, 0) is 24.0 Å². The summed E-state index contributed by atoms with van der Waals surface area (Å²) in [5.74, 6) is 0.777. The molecule has 1 aliphatic carbocycles. The summed E-state index contributed by atoms with van der Waals surface area (Å²) in [6, 6.07) is 17.0. The Balaban J connectivity index is 1.57. The van der Waals surface area contributed by atoms with Gasteiger partial charge in [-0.1, -0.05) is 74.5 Å². The fraction of sp³-hybridized carbons (Fsp3) is 0.357. The van der Waals surface area contributed by atoms with Gasteiger partial charge in [0.15, 0.2) is 5.16 Å². The molecule has 0 amide bonds. The van der Waals surface area contributed by atoms with Crippen LogP contribution in [0.3, 0.4) is 0 Å². The first-order valence-electron chi connectivity index (χ1n) is 11.7. The smallest absolute Gasteiger partial charge is 0.267 e. The van der Waals surface area contributed by atoms with Crippen molar-refractivity contribution in [3.8, 4) is 5.69 Å². The van der Waals surface area contributed by atoms with Gasteiger partial charge >= 0.3 is 0 Å². The van der Waals surface area contributed by atoms with E-state index in [4.69, 9.17) is 4.98 Å². The van der Waals surface area contributed by atoms with E-state index < -0.39 is 0 Å². The molecule has 0 radical (unpaired) electrons. The highest BCUT2D eigenvalue weighted by Crippen LogP contribution is 2.36. The first-order chi connectivity index (χ1) is 15.8. The Hall–Kier alpha value is -2.37. The lowest BCUT2D eigenvalue weighted by molar-refractivity contribution is 0.590. The van der Waals surface area contributed by atoms with Crippen LogP contribution in [0.2, 0.25) is 0 Å². The molecule has 5 heteroatoms. The summed E-state index contributed by atoms with van der Waals surface area (Å²) in [4.78, 5) is 21.2. The molecule has 0 bridgehead atoms. The van der Waals surface area contributed by atoms with Crippen molar-refractivity contribution >= 4 is 33.3 Å². The van der Waals surface area contributed by atoms with Crippen molar-refractivity contribution in [2.24, 2.45) is 0 Å². The molecule has 0 atom stereocenters. The molecular weight excluding hydrogens is 444 g/mol. The van der Waals surface area contributed by atoms with Gasteiger partial charge in [0.25, 0.3) is 5.56 Å². The average Bonchev–Trinajstić information content (AvgIpc) is 3.17. The first kappa shape index (κ1) is 22.4. The molecular formula is C28H30N2OS2. The van der Waals surface area contributed by atoms with E-state index in [-0.39, 0.29) is 11.0 Å². The van der Waals surface area contributed by atoms with Gasteiger partial charge in [-0.25, -0.2) is 4.98 Å². The quantitative estimate of drug-likeness (QED) is 0.231. The van der Waals surface area contributed by atoms with E-state index >= 15 is 0 Å². The number of aromatic nitrogens is 2. The maximum atomic E-state index is 13.9. The number of hydrogen-bond acceptors (Lipinski definition) is 4. The first-order valence-corrected chi connectivity index (χ1v) is 13.5. The Kier molecular flexibility index (Phi) is 5.96. The van der Waals surface area contributed by atoms with Crippen LogP contribution >= 0.6 is 23.1 Å². The van der Waals surface area contributed by atoms with Crippen LogP contribution in [0, 0.1) is 6.92 Å². The van der Waals surface area contributed by atoms with Gasteiger partial charge in [0.05, 0.1) is 11.1 Å².